The molecule has 2 aliphatic heterocycles. The van der Waals surface area contributed by atoms with Crippen molar-refractivity contribution in [3.05, 3.63) is 0 Å². The molecule has 0 aromatic carbocycles. The van der Waals surface area contributed by atoms with Crippen LogP contribution in [0.25, 0.3) is 0 Å². The molecule has 0 aromatic heterocycles. The first-order valence-electron chi connectivity index (χ1n) is 7.16. The van der Waals surface area contributed by atoms with Crippen molar-refractivity contribution >= 4 is 15.9 Å². The highest BCUT2D eigenvalue weighted by molar-refractivity contribution is 9.09. The van der Waals surface area contributed by atoms with Gasteiger partial charge in [-0.25, -0.2) is 0 Å². The van der Waals surface area contributed by atoms with E-state index in [1.165, 1.54) is 0 Å². The molecular formula is C12H21BrO11. The summed E-state index contributed by atoms with van der Waals surface area (Å²) in [5.41, 5.74) is 0. The van der Waals surface area contributed by atoms with Gasteiger partial charge in [0.1, 0.15) is 53.8 Å². The zero-order valence-corrected chi connectivity index (χ0v) is 13.8. The Hall–Kier alpha value is 0.0400. The molecule has 11 atom stereocenters. The van der Waals surface area contributed by atoms with Crippen LogP contribution in [0.1, 0.15) is 0 Å². The van der Waals surface area contributed by atoms with Gasteiger partial charge in [0, 0.05) is 0 Å². The van der Waals surface area contributed by atoms with E-state index in [9.17, 15) is 35.7 Å². The van der Waals surface area contributed by atoms with E-state index in [-0.39, 0.29) is 0 Å². The zero-order chi connectivity index (χ0) is 18.2. The molecule has 0 aromatic rings. The molecule has 11 nitrogen and oxygen atoms in total. The maximum Gasteiger partial charge on any atom is 0.187 e. The van der Waals surface area contributed by atoms with Crippen molar-refractivity contribution in [3.63, 3.8) is 0 Å². The minimum Gasteiger partial charge on any atom is -0.394 e. The average molecular weight is 421 g/mol. The van der Waals surface area contributed by atoms with E-state index in [1.54, 1.807) is 0 Å². The van der Waals surface area contributed by atoms with Gasteiger partial charge in [0.05, 0.1) is 6.61 Å². The highest BCUT2D eigenvalue weighted by atomic mass is 79.9. The Balaban J connectivity index is 2.16. The molecule has 2 saturated heterocycles. The van der Waals surface area contributed by atoms with Crippen LogP contribution >= 0.6 is 15.9 Å². The lowest BCUT2D eigenvalue weighted by molar-refractivity contribution is -0.356. The molecule has 12 heteroatoms. The van der Waals surface area contributed by atoms with E-state index in [0.717, 1.165) is 0 Å². The summed E-state index contributed by atoms with van der Waals surface area (Å²) < 4.78 is 15.4. The minimum absolute atomic E-state index is 0.680. The SMILES string of the molecule is OC[C@H]1O[C@@H](O[C@H]2[C@H](O)[C@@H](O)C(O)O[C@@H]2C(O)Br)[C@H](O)[C@@H](O)[C@H]1O. The van der Waals surface area contributed by atoms with Gasteiger partial charge in [-0.3, -0.25) is 0 Å². The summed E-state index contributed by atoms with van der Waals surface area (Å²) in [6.45, 7) is -0.680. The summed E-state index contributed by atoms with van der Waals surface area (Å²) in [6, 6.07) is 0. The Labute approximate surface area is 144 Å². The number of hydrogen-bond donors (Lipinski definition) is 8. The number of rotatable bonds is 4. The Morgan fingerprint density at radius 3 is 2.04 bits per heavy atom. The van der Waals surface area contributed by atoms with Crippen LogP contribution in [0, 0.1) is 0 Å². The predicted molar refractivity (Wildman–Crippen MR) is 76.5 cm³/mol. The second-order valence-electron chi connectivity index (χ2n) is 5.64. The van der Waals surface area contributed by atoms with Crippen LogP contribution in [0.3, 0.4) is 0 Å². The van der Waals surface area contributed by atoms with Crippen molar-refractivity contribution in [1.82, 2.24) is 0 Å². The van der Waals surface area contributed by atoms with Gasteiger partial charge in [0.25, 0.3) is 0 Å². The number of ether oxygens (including phenoxy) is 3. The van der Waals surface area contributed by atoms with E-state index in [4.69, 9.17) is 19.3 Å². The standard InChI is InChI=1S/C12H21BrO11/c13-10(20)9-8(5(17)6(18)11(21)23-9)24-12-7(19)4(16)3(15)2(1-14)22-12/h2-12,14-21H,1H2/t2-,3+,4+,5-,6-,7-,8+,9+,10?,11?,12+/m1/s1. The summed E-state index contributed by atoms with van der Waals surface area (Å²) in [4.78, 5) is 0. The minimum atomic E-state index is -1.79. The highest BCUT2D eigenvalue weighted by Crippen LogP contribution is 2.30. The van der Waals surface area contributed by atoms with Gasteiger partial charge in [-0.2, -0.15) is 0 Å². The van der Waals surface area contributed by atoms with E-state index in [0.29, 0.717) is 0 Å². The monoisotopic (exact) mass is 420 g/mol. The molecule has 2 unspecified atom stereocenters. The fourth-order valence-corrected chi connectivity index (χ4v) is 3.02. The lowest BCUT2D eigenvalue weighted by atomic mass is 9.97. The molecule has 0 spiro atoms. The molecule has 2 aliphatic rings. The number of halogens is 1. The van der Waals surface area contributed by atoms with Gasteiger partial charge >= 0.3 is 0 Å². The molecule has 24 heavy (non-hydrogen) atoms. The quantitative estimate of drug-likeness (QED) is 0.204. The summed E-state index contributed by atoms with van der Waals surface area (Å²) in [7, 11) is 0. The molecule has 2 heterocycles. The highest BCUT2D eigenvalue weighted by Gasteiger charge is 2.51. The van der Waals surface area contributed by atoms with Crippen LogP contribution in [-0.2, 0) is 14.2 Å². The van der Waals surface area contributed by atoms with Gasteiger partial charge in [-0.15, -0.1) is 0 Å². The van der Waals surface area contributed by atoms with Gasteiger partial charge in [0.15, 0.2) is 12.6 Å². The normalized spacial score (nSPS) is 51.4. The summed E-state index contributed by atoms with van der Waals surface area (Å²) in [6.07, 6.45) is -16.0. The van der Waals surface area contributed by atoms with Crippen LogP contribution in [0.5, 0.6) is 0 Å². The number of alkyl halides is 1. The molecule has 8 N–H and O–H groups in total. The third kappa shape index (κ3) is 3.90. The number of aliphatic hydroxyl groups excluding tert-OH is 8. The van der Waals surface area contributed by atoms with E-state index in [1.807, 2.05) is 0 Å². The molecule has 0 aliphatic carbocycles. The van der Waals surface area contributed by atoms with Gasteiger partial charge < -0.3 is 55.1 Å². The number of hydrogen-bond acceptors (Lipinski definition) is 11. The Morgan fingerprint density at radius 2 is 1.50 bits per heavy atom. The Morgan fingerprint density at radius 1 is 0.875 bits per heavy atom. The summed E-state index contributed by atoms with van der Waals surface area (Å²) in [5, 5.41) is 75.9. The smallest absolute Gasteiger partial charge is 0.187 e. The van der Waals surface area contributed by atoms with Crippen molar-refractivity contribution < 1.29 is 55.1 Å². The first kappa shape index (κ1) is 20.4. The fraction of sp³-hybridized carbons (Fsp3) is 1.00. The lowest BCUT2D eigenvalue weighted by Gasteiger charge is -2.45. The number of aliphatic hydroxyl groups is 8. The van der Waals surface area contributed by atoms with Crippen molar-refractivity contribution in [2.45, 2.75) is 66.4 Å². The van der Waals surface area contributed by atoms with E-state index in [2.05, 4.69) is 15.9 Å². The lowest BCUT2D eigenvalue weighted by Crippen LogP contribution is -2.65. The molecule has 0 saturated carbocycles. The molecule has 0 radical (unpaired) electrons. The first-order valence-corrected chi connectivity index (χ1v) is 8.08. The van der Waals surface area contributed by atoms with E-state index < -0.39 is 73.0 Å². The van der Waals surface area contributed by atoms with Crippen LogP contribution < -0.4 is 0 Å². The molecule has 142 valence electrons. The van der Waals surface area contributed by atoms with Crippen LogP contribution in [-0.4, -0.2) is 114 Å². The average Bonchev–Trinajstić information content (AvgIpc) is 2.54. The largest absolute Gasteiger partial charge is 0.394 e. The summed E-state index contributed by atoms with van der Waals surface area (Å²) in [5.74, 6) is 0. The molecule has 0 amide bonds. The molecule has 0 bridgehead atoms. The third-order valence-electron chi connectivity index (χ3n) is 4.01. The predicted octanol–water partition coefficient (Wildman–Crippen LogP) is -4.68. The molecule has 2 rings (SSSR count). The molecular weight excluding hydrogens is 400 g/mol. The fourth-order valence-electron chi connectivity index (χ4n) is 2.59. The van der Waals surface area contributed by atoms with Gasteiger partial charge in [-0.05, 0) is 0 Å². The topological polar surface area (TPSA) is 190 Å². The third-order valence-corrected chi connectivity index (χ3v) is 4.53. The van der Waals surface area contributed by atoms with Gasteiger partial charge in [-0.1, -0.05) is 15.9 Å². The van der Waals surface area contributed by atoms with Crippen molar-refractivity contribution in [3.8, 4) is 0 Å². The van der Waals surface area contributed by atoms with Crippen LogP contribution in [0.2, 0.25) is 0 Å². The first-order chi connectivity index (χ1) is 11.2. The second kappa shape index (κ2) is 8.16. The second-order valence-corrected chi connectivity index (χ2v) is 6.58. The Bertz CT molecular complexity index is 410. The zero-order valence-electron chi connectivity index (χ0n) is 12.2. The maximum atomic E-state index is 10.0. The maximum absolute atomic E-state index is 10.0. The van der Waals surface area contributed by atoms with Crippen LogP contribution in [0.15, 0.2) is 0 Å². The summed E-state index contributed by atoms with van der Waals surface area (Å²) >= 11 is 2.79. The molecule has 2 fully saturated rings. The van der Waals surface area contributed by atoms with E-state index >= 15 is 0 Å². The van der Waals surface area contributed by atoms with Gasteiger partial charge in [0.2, 0.25) is 0 Å². The van der Waals surface area contributed by atoms with Crippen LogP contribution in [0.4, 0.5) is 0 Å². The van der Waals surface area contributed by atoms with Crippen molar-refractivity contribution in [1.29, 1.82) is 0 Å². The van der Waals surface area contributed by atoms with Crippen molar-refractivity contribution in [2.75, 3.05) is 6.61 Å². The Kier molecular flexibility index (Phi) is 6.92. The van der Waals surface area contributed by atoms with Crippen molar-refractivity contribution in [2.24, 2.45) is 0 Å².